The topological polar surface area (TPSA) is 43.8 Å². The SMILES string of the molecule is Cc1cc(C)cc(-n2ccc(CN)n2)c1. The molecule has 0 saturated carbocycles. The summed E-state index contributed by atoms with van der Waals surface area (Å²) in [5.41, 5.74) is 10.0. The van der Waals surface area contributed by atoms with Crippen molar-refractivity contribution in [3.8, 4) is 5.69 Å². The Morgan fingerprint density at radius 1 is 1.20 bits per heavy atom. The third-order valence-electron chi connectivity index (χ3n) is 2.32. The van der Waals surface area contributed by atoms with Gasteiger partial charge in [0.05, 0.1) is 11.4 Å². The molecule has 0 bridgehead atoms. The maximum Gasteiger partial charge on any atom is 0.0764 e. The van der Waals surface area contributed by atoms with Crippen molar-refractivity contribution in [2.45, 2.75) is 20.4 Å². The smallest absolute Gasteiger partial charge is 0.0764 e. The van der Waals surface area contributed by atoms with E-state index in [0.29, 0.717) is 6.54 Å². The van der Waals surface area contributed by atoms with Gasteiger partial charge in [-0.3, -0.25) is 0 Å². The molecule has 3 heteroatoms. The molecule has 0 fully saturated rings. The van der Waals surface area contributed by atoms with Crippen molar-refractivity contribution in [1.29, 1.82) is 0 Å². The highest BCUT2D eigenvalue weighted by Gasteiger charge is 2.00. The molecular weight excluding hydrogens is 186 g/mol. The number of aryl methyl sites for hydroxylation is 2. The van der Waals surface area contributed by atoms with E-state index >= 15 is 0 Å². The lowest BCUT2D eigenvalue weighted by atomic mass is 10.1. The van der Waals surface area contributed by atoms with Gasteiger partial charge in [0.25, 0.3) is 0 Å². The van der Waals surface area contributed by atoms with E-state index in [-0.39, 0.29) is 0 Å². The van der Waals surface area contributed by atoms with Crippen LogP contribution in [0.3, 0.4) is 0 Å². The molecule has 1 aromatic carbocycles. The van der Waals surface area contributed by atoms with Gasteiger partial charge < -0.3 is 5.73 Å². The molecule has 1 aromatic heterocycles. The molecule has 3 nitrogen and oxygen atoms in total. The average Bonchev–Trinajstić information content (AvgIpc) is 2.64. The minimum absolute atomic E-state index is 0.484. The summed E-state index contributed by atoms with van der Waals surface area (Å²) in [7, 11) is 0. The zero-order valence-electron chi connectivity index (χ0n) is 9.07. The second kappa shape index (κ2) is 3.87. The molecule has 15 heavy (non-hydrogen) atoms. The molecule has 0 aliphatic carbocycles. The summed E-state index contributed by atoms with van der Waals surface area (Å²) in [5.74, 6) is 0. The molecule has 0 atom stereocenters. The van der Waals surface area contributed by atoms with E-state index in [1.165, 1.54) is 11.1 Å². The van der Waals surface area contributed by atoms with E-state index in [0.717, 1.165) is 11.4 Å². The number of hydrogen-bond donors (Lipinski definition) is 1. The van der Waals surface area contributed by atoms with Crippen molar-refractivity contribution in [2.24, 2.45) is 5.73 Å². The predicted molar refractivity (Wildman–Crippen MR) is 60.9 cm³/mol. The maximum atomic E-state index is 5.53. The van der Waals surface area contributed by atoms with Gasteiger partial charge in [0.2, 0.25) is 0 Å². The zero-order chi connectivity index (χ0) is 10.8. The number of hydrogen-bond acceptors (Lipinski definition) is 2. The Bertz CT molecular complexity index is 451. The predicted octanol–water partition coefficient (Wildman–Crippen LogP) is 1.95. The fourth-order valence-electron chi connectivity index (χ4n) is 1.70. The van der Waals surface area contributed by atoms with Crippen LogP contribution in [0.4, 0.5) is 0 Å². The van der Waals surface area contributed by atoms with Gasteiger partial charge in [-0.2, -0.15) is 5.10 Å². The van der Waals surface area contributed by atoms with Crippen molar-refractivity contribution in [3.63, 3.8) is 0 Å². The van der Waals surface area contributed by atoms with Crippen molar-refractivity contribution < 1.29 is 0 Å². The summed E-state index contributed by atoms with van der Waals surface area (Å²) in [6, 6.07) is 8.31. The van der Waals surface area contributed by atoms with Gasteiger partial charge in [-0.25, -0.2) is 4.68 Å². The fourth-order valence-corrected chi connectivity index (χ4v) is 1.70. The van der Waals surface area contributed by atoms with Gasteiger partial charge in [0.1, 0.15) is 0 Å². The van der Waals surface area contributed by atoms with E-state index in [4.69, 9.17) is 5.73 Å². The van der Waals surface area contributed by atoms with Crippen LogP contribution in [-0.2, 0) is 6.54 Å². The molecule has 0 spiro atoms. The first-order valence-electron chi connectivity index (χ1n) is 5.02. The molecule has 0 aliphatic rings. The lowest BCUT2D eigenvalue weighted by Gasteiger charge is -2.04. The summed E-state index contributed by atoms with van der Waals surface area (Å²) >= 11 is 0. The first-order valence-corrected chi connectivity index (χ1v) is 5.02. The van der Waals surface area contributed by atoms with Crippen LogP contribution in [0.5, 0.6) is 0 Å². The molecule has 0 radical (unpaired) electrons. The summed E-state index contributed by atoms with van der Waals surface area (Å²) in [5, 5.41) is 4.37. The zero-order valence-corrected chi connectivity index (χ0v) is 9.07. The van der Waals surface area contributed by atoms with Gasteiger partial charge in [-0.15, -0.1) is 0 Å². The minimum Gasteiger partial charge on any atom is -0.325 e. The van der Waals surface area contributed by atoms with Crippen LogP contribution in [0.25, 0.3) is 5.69 Å². The number of rotatable bonds is 2. The van der Waals surface area contributed by atoms with E-state index in [9.17, 15) is 0 Å². The van der Waals surface area contributed by atoms with Gasteiger partial charge in [-0.1, -0.05) is 6.07 Å². The third-order valence-corrected chi connectivity index (χ3v) is 2.32. The standard InChI is InChI=1S/C12H15N3/c1-9-5-10(2)7-12(6-9)15-4-3-11(8-13)14-15/h3-7H,8,13H2,1-2H3. The molecule has 2 aromatic rings. The second-order valence-electron chi connectivity index (χ2n) is 3.80. The lowest BCUT2D eigenvalue weighted by molar-refractivity contribution is 0.832. The highest BCUT2D eigenvalue weighted by molar-refractivity contribution is 5.38. The number of nitrogens with zero attached hydrogens (tertiary/aromatic N) is 2. The van der Waals surface area contributed by atoms with E-state index in [1.54, 1.807) is 0 Å². The number of benzene rings is 1. The highest BCUT2D eigenvalue weighted by Crippen LogP contribution is 2.13. The monoisotopic (exact) mass is 201 g/mol. The van der Waals surface area contributed by atoms with Crippen molar-refractivity contribution >= 4 is 0 Å². The van der Waals surface area contributed by atoms with Crippen LogP contribution in [-0.4, -0.2) is 9.78 Å². The highest BCUT2D eigenvalue weighted by atomic mass is 15.3. The van der Waals surface area contributed by atoms with Crippen molar-refractivity contribution in [1.82, 2.24) is 9.78 Å². The molecule has 0 unspecified atom stereocenters. The summed E-state index contributed by atoms with van der Waals surface area (Å²) in [6.07, 6.45) is 1.94. The van der Waals surface area contributed by atoms with Crippen LogP contribution in [0.15, 0.2) is 30.5 Å². The lowest BCUT2D eigenvalue weighted by Crippen LogP contribution is -2.00. The van der Waals surface area contributed by atoms with Crippen LogP contribution < -0.4 is 5.73 Å². The molecule has 1 heterocycles. The van der Waals surface area contributed by atoms with E-state index in [1.807, 2.05) is 16.9 Å². The summed E-state index contributed by atoms with van der Waals surface area (Å²) < 4.78 is 1.86. The van der Waals surface area contributed by atoms with E-state index < -0.39 is 0 Å². The fraction of sp³-hybridized carbons (Fsp3) is 0.250. The van der Waals surface area contributed by atoms with Gasteiger partial charge in [0, 0.05) is 12.7 Å². The second-order valence-corrected chi connectivity index (χ2v) is 3.80. The van der Waals surface area contributed by atoms with E-state index in [2.05, 4.69) is 37.1 Å². The molecule has 2 rings (SSSR count). The van der Waals surface area contributed by atoms with Crippen LogP contribution in [0.2, 0.25) is 0 Å². The van der Waals surface area contributed by atoms with Gasteiger partial charge >= 0.3 is 0 Å². The Balaban J connectivity index is 2.44. The van der Waals surface area contributed by atoms with Crippen LogP contribution >= 0.6 is 0 Å². The molecule has 0 aliphatic heterocycles. The Hall–Kier alpha value is -1.61. The third kappa shape index (κ3) is 2.07. The summed E-state index contributed by atoms with van der Waals surface area (Å²) in [6.45, 7) is 4.66. The Morgan fingerprint density at radius 2 is 1.87 bits per heavy atom. The average molecular weight is 201 g/mol. The number of nitrogens with two attached hydrogens (primary N) is 1. The molecule has 78 valence electrons. The molecular formula is C12H15N3. The Labute approximate surface area is 89.5 Å². The van der Waals surface area contributed by atoms with Crippen molar-refractivity contribution in [3.05, 3.63) is 47.3 Å². The van der Waals surface area contributed by atoms with Gasteiger partial charge in [-0.05, 0) is 43.2 Å². The van der Waals surface area contributed by atoms with Gasteiger partial charge in [0.15, 0.2) is 0 Å². The first kappa shape index (κ1) is 9.93. The largest absolute Gasteiger partial charge is 0.325 e. The van der Waals surface area contributed by atoms with Crippen LogP contribution in [0.1, 0.15) is 16.8 Å². The molecule has 0 saturated heterocycles. The first-order chi connectivity index (χ1) is 7.19. The van der Waals surface area contributed by atoms with Crippen LogP contribution in [0, 0.1) is 13.8 Å². The number of aromatic nitrogens is 2. The Morgan fingerprint density at radius 3 is 2.40 bits per heavy atom. The minimum atomic E-state index is 0.484. The quantitative estimate of drug-likeness (QED) is 0.807. The summed E-state index contributed by atoms with van der Waals surface area (Å²) in [4.78, 5) is 0. The normalized spacial score (nSPS) is 10.6. The van der Waals surface area contributed by atoms with Crippen molar-refractivity contribution in [2.75, 3.05) is 0 Å². The molecule has 2 N–H and O–H groups in total. The maximum absolute atomic E-state index is 5.53. The Kier molecular flexibility index (Phi) is 2.56. The molecule has 0 amide bonds.